The minimum Gasteiger partial charge on any atom is -0.466 e. The summed E-state index contributed by atoms with van der Waals surface area (Å²) >= 11 is 0. The van der Waals surface area contributed by atoms with Gasteiger partial charge in [-0.3, -0.25) is 14.5 Å². The van der Waals surface area contributed by atoms with Crippen molar-refractivity contribution in [2.24, 2.45) is 0 Å². The number of anilines is 1. The molecular weight excluding hydrogens is 380 g/mol. The molecule has 0 saturated carbocycles. The number of methoxy groups -OCH3 is 2. The largest absolute Gasteiger partial charge is 0.466 e. The van der Waals surface area contributed by atoms with E-state index in [0.29, 0.717) is 5.69 Å². The molecule has 29 heavy (non-hydrogen) atoms. The van der Waals surface area contributed by atoms with Gasteiger partial charge in [-0.05, 0) is 39.0 Å². The summed E-state index contributed by atoms with van der Waals surface area (Å²) in [6.45, 7) is 5.15. The molecule has 0 aromatic heterocycles. The zero-order valence-corrected chi connectivity index (χ0v) is 16.9. The summed E-state index contributed by atoms with van der Waals surface area (Å²) in [5.74, 6) is -2.26. The number of carbonyl (C=O) groups is 4. The van der Waals surface area contributed by atoms with Gasteiger partial charge in [-0.1, -0.05) is 0 Å². The lowest BCUT2D eigenvalue weighted by molar-refractivity contribution is -0.140. The number of carbonyl (C=O) groups excluding carboxylic acids is 4. The number of amides is 2. The predicted octanol–water partition coefficient (Wildman–Crippen LogP) is 1.48. The molecular formula is C20H22N2O7. The lowest BCUT2D eigenvalue weighted by atomic mass is 10.1. The van der Waals surface area contributed by atoms with Crippen LogP contribution in [0, 0.1) is 0 Å². The smallest absolute Gasteiger partial charge is 0.355 e. The van der Waals surface area contributed by atoms with E-state index in [1.807, 2.05) is 0 Å². The Labute approximate surface area is 167 Å². The Morgan fingerprint density at radius 3 is 2.21 bits per heavy atom. The first-order valence-corrected chi connectivity index (χ1v) is 8.89. The average Bonchev–Trinajstić information content (AvgIpc) is 2.96. The van der Waals surface area contributed by atoms with E-state index < -0.39 is 23.4 Å². The maximum absolute atomic E-state index is 12.9. The highest BCUT2D eigenvalue weighted by molar-refractivity contribution is 6.22. The number of benzene rings is 1. The van der Waals surface area contributed by atoms with E-state index in [-0.39, 0.29) is 41.6 Å². The van der Waals surface area contributed by atoms with Crippen LogP contribution >= 0.6 is 0 Å². The molecule has 0 saturated heterocycles. The first kappa shape index (κ1) is 20.5. The Hall–Kier alpha value is -3.20. The summed E-state index contributed by atoms with van der Waals surface area (Å²) in [5.41, 5.74) is 0.193. The predicted molar refractivity (Wildman–Crippen MR) is 101 cm³/mol. The standard InChI is InChI=1S/C20H22N2O7/c1-20(2,3)22-16(23)12-7-6-11(8-13(12)17(22)24)21-10-29-9-14(18(25)27-4)15(21)19(26)28-5/h6-8H,9-10H2,1-5H3. The van der Waals surface area contributed by atoms with Crippen LogP contribution in [0.15, 0.2) is 29.5 Å². The van der Waals surface area contributed by atoms with Crippen molar-refractivity contribution in [1.29, 1.82) is 0 Å². The van der Waals surface area contributed by atoms with Crippen LogP contribution in [0.25, 0.3) is 0 Å². The molecule has 0 unspecified atom stereocenters. The fourth-order valence-corrected chi connectivity index (χ4v) is 3.35. The third-order valence-electron chi connectivity index (χ3n) is 4.69. The zero-order chi connectivity index (χ0) is 21.5. The highest BCUT2D eigenvalue weighted by Gasteiger charge is 2.42. The van der Waals surface area contributed by atoms with Crippen LogP contribution in [0.4, 0.5) is 5.69 Å². The molecule has 2 amide bonds. The fourth-order valence-electron chi connectivity index (χ4n) is 3.35. The van der Waals surface area contributed by atoms with Crippen LogP contribution in [-0.2, 0) is 23.8 Å². The van der Waals surface area contributed by atoms with Gasteiger partial charge in [0, 0.05) is 11.2 Å². The molecule has 0 atom stereocenters. The summed E-state index contributed by atoms with van der Waals surface area (Å²) in [6.07, 6.45) is 0. The quantitative estimate of drug-likeness (QED) is 0.553. The van der Waals surface area contributed by atoms with E-state index in [4.69, 9.17) is 14.2 Å². The Balaban J connectivity index is 2.10. The van der Waals surface area contributed by atoms with Crippen molar-refractivity contribution < 1.29 is 33.4 Å². The SMILES string of the molecule is COC(=O)C1=C(C(=O)OC)N(c2ccc3c(c2)C(=O)N(C(C)(C)C)C3=O)COC1. The molecule has 1 aromatic carbocycles. The van der Waals surface area contributed by atoms with E-state index in [1.54, 1.807) is 26.8 Å². The molecule has 1 aromatic rings. The maximum atomic E-state index is 12.9. The van der Waals surface area contributed by atoms with Crippen LogP contribution in [0.2, 0.25) is 0 Å². The second kappa shape index (κ2) is 7.32. The van der Waals surface area contributed by atoms with Gasteiger partial charge in [0.05, 0.1) is 37.5 Å². The van der Waals surface area contributed by atoms with Crippen molar-refractivity contribution in [3.8, 4) is 0 Å². The monoisotopic (exact) mass is 402 g/mol. The topological polar surface area (TPSA) is 102 Å². The number of imide groups is 1. The molecule has 9 nitrogen and oxygen atoms in total. The second-order valence-electron chi connectivity index (χ2n) is 7.56. The average molecular weight is 402 g/mol. The van der Waals surface area contributed by atoms with Gasteiger partial charge in [0.1, 0.15) is 12.4 Å². The van der Waals surface area contributed by atoms with Gasteiger partial charge in [0.15, 0.2) is 0 Å². The molecule has 0 bridgehead atoms. The summed E-state index contributed by atoms with van der Waals surface area (Å²) in [6, 6.07) is 4.62. The third-order valence-corrected chi connectivity index (χ3v) is 4.69. The molecule has 2 aliphatic rings. The number of fused-ring (bicyclic) bond motifs is 1. The van der Waals surface area contributed by atoms with E-state index in [0.717, 1.165) is 0 Å². The van der Waals surface area contributed by atoms with Crippen LogP contribution < -0.4 is 4.90 Å². The van der Waals surface area contributed by atoms with Crippen molar-refractivity contribution >= 4 is 29.4 Å². The van der Waals surface area contributed by atoms with E-state index in [9.17, 15) is 19.2 Å². The van der Waals surface area contributed by atoms with Crippen molar-refractivity contribution in [1.82, 2.24) is 4.90 Å². The van der Waals surface area contributed by atoms with E-state index in [1.165, 1.54) is 36.2 Å². The van der Waals surface area contributed by atoms with Crippen LogP contribution in [-0.4, -0.2) is 61.7 Å². The van der Waals surface area contributed by atoms with Crippen LogP contribution in [0.5, 0.6) is 0 Å². The lowest BCUT2D eigenvalue weighted by Crippen LogP contribution is -2.45. The van der Waals surface area contributed by atoms with Gasteiger partial charge in [-0.2, -0.15) is 0 Å². The number of rotatable bonds is 3. The Kier molecular flexibility index (Phi) is 5.18. The zero-order valence-electron chi connectivity index (χ0n) is 16.9. The molecule has 9 heteroatoms. The summed E-state index contributed by atoms with van der Waals surface area (Å²) in [5, 5.41) is 0. The molecule has 0 fully saturated rings. The summed E-state index contributed by atoms with van der Waals surface area (Å²) < 4.78 is 15.0. The molecule has 0 radical (unpaired) electrons. The molecule has 3 rings (SSSR count). The normalized spacial score (nSPS) is 16.9. The third kappa shape index (κ3) is 3.38. The number of esters is 2. The minimum atomic E-state index is -0.743. The highest BCUT2D eigenvalue weighted by atomic mass is 16.5. The Morgan fingerprint density at radius 1 is 1.00 bits per heavy atom. The number of nitrogens with zero attached hydrogens (tertiary/aromatic N) is 2. The molecule has 2 aliphatic heterocycles. The van der Waals surface area contributed by atoms with E-state index >= 15 is 0 Å². The number of ether oxygens (including phenoxy) is 3. The minimum absolute atomic E-state index is 0.00446. The number of hydrogen-bond acceptors (Lipinski definition) is 8. The van der Waals surface area contributed by atoms with Gasteiger partial charge in [-0.25, -0.2) is 9.59 Å². The van der Waals surface area contributed by atoms with Crippen molar-refractivity contribution in [3.63, 3.8) is 0 Å². The Morgan fingerprint density at radius 2 is 1.62 bits per heavy atom. The summed E-state index contributed by atoms with van der Waals surface area (Å²) in [7, 11) is 2.40. The molecule has 0 aliphatic carbocycles. The molecule has 0 spiro atoms. The van der Waals surface area contributed by atoms with Gasteiger partial charge in [-0.15, -0.1) is 0 Å². The van der Waals surface area contributed by atoms with Crippen LogP contribution in [0.1, 0.15) is 41.5 Å². The lowest BCUT2D eigenvalue weighted by Gasteiger charge is -2.31. The molecule has 2 heterocycles. The van der Waals surface area contributed by atoms with Crippen LogP contribution in [0.3, 0.4) is 0 Å². The summed E-state index contributed by atoms with van der Waals surface area (Å²) in [4.78, 5) is 52.6. The van der Waals surface area contributed by atoms with Gasteiger partial charge in [0.25, 0.3) is 11.8 Å². The van der Waals surface area contributed by atoms with Gasteiger partial charge >= 0.3 is 11.9 Å². The first-order valence-electron chi connectivity index (χ1n) is 8.89. The van der Waals surface area contributed by atoms with Gasteiger partial charge < -0.3 is 19.1 Å². The fraction of sp³-hybridized carbons (Fsp3) is 0.400. The van der Waals surface area contributed by atoms with E-state index in [2.05, 4.69) is 0 Å². The molecule has 154 valence electrons. The van der Waals surface area contributed by atoms with Crippen molar-refractivity contribution in [2.45, 2.75) is 26.3 Å². The van der Waals surface area contributed by atoms with Crippen molar-refractivity contribution in [3.05, 3.63) is 40.6 Å². The van der Waals surface area contributed by atoms with Crippen molar-refractivity contribution in [2.75, 3.05) is 32.5 Å². The van der Waals surface area contributed by atoms with Gasteiger partial charge in [0.2, 0.25) is 0 Å². The Bertz CT molecular complexity index is 943. The number of hydrogen-bond donors (Lipinski definition) is 0. The maximum Gasteiger partial charge on any atom is 0.355 e. The molecule has 0 N–H and O–H groups in total. The first-order chi connectivity index (χ1) is 13.6. The second-order valence-corrected chi connectivity index (χ2v) is 7.56. The highest BCUT2D eigenvalue weighted by Crippen LogP contribution is 2.34.